The van der Waals surface area contributed by atoms with Gasteiger partial charge in [0.2, 0.25) is 12.4 Å². The maximum atomic E-state index is 14.4. The lowest BCUT2D eigenvalue weighted by Gasteiger charge is -2.43. The number of ether oxygens (including phenoxy) is 7. The minimum atomic E-state index is -4.78. The van der Waals surface area contributed by atoms with Crippen molar-refractivity contribution < 1.29 is 69.4 Å². The van der Waals surface area contributed by atoms with Crippen LogP contribution in [0.1, 0.15) is 20.8 Å². The molecule has 4 rings (SSSR count). The zero-order valence-corrected chi connectivity index (χ0v) is 28.5. The van der Waals surface area contributed by atoms with Crippen LogP contribution in [0.25, 0.3) is 0 Å². The second kappa shape index (κ2) is 16.5. The molecule has 1 aromatic heterocycles. The van der Waals surface area contributed by atoms with Crippen LogP contribution in [0, 0.1) is 0 Å². The summed E-state index contributed by atoms with van der Waals surface area (Å²) in [5.41, 5.74) is -0.226. The van der Waals surface area contributed by atoms with Gasteiger partial charge in [-0.25, -0.2) is 22.4 Å². The van der Waals surface area contributed by atoms with E-state index >= 15 is 0 Å². The van der Waals surface area contributed by atoms with Crippen LogP contribution in [0.5, 0.6) is 11.5 Å². The van der Waals surface area contributed by atoms with E-state index in [2.05, 4.69) is 10.3 Å². The molecule has 1 saturated heterocycles. The van der Waals surface area contributed by atoms with Gasteiger partial charge in [-0.15, -0.1) is 0 Å². The van der Waals surface area contributed by atoms with Crippen LogP contribution in [0.4, 0.5) is 25.8 Å². The third-order valence-electron chi connectivity index (χ3n) is 7.02. The number of halogens is 2. The summed E-state index contributed by atoms with van der Waals surface area (Å²) in [5.74, 6) is -3.50. The number of pyridine rings is 1. The van der Waals surface area contributed by atoms with Crippen LogP contribution < -0.4 is 19.0 Å². The number of rotatable bonds is 13. The van der Waals surface area contributed by atoms with Crippen LogP contribution in [-0.2, 0) is 52.9 Å². The first-order chi connectivity index (χ1) is 24.2. The quantitative estimate of drug-likeness (QED) is 0.153. The van der Waals surface area contributed by atoms with Crippen LogP contribution in [0.2, 0.25) is 0 Å². The van der Waals surface area contributed by atoms with Crippen LogP contribution in [0.15, 0.2) is 71.8 Å². The SMILES string of the molecule is COC(=O)[C@H]1O[C@@H](Oc2ccc(Nc3ncccc3N(B(F)F)S(=O)(=O)c3ccc(OC)cc3)cc2)[C@H](OC(C)=O)[C@@H](OC(C)=O)[C@@H]1OC(C)=O. The maximum absolute atomic E-state index is 14.4. The first kappa shape index (κ1) is 38.3. The Morgan fingerprint density at radius 3 is 1.94 bits per heavy atom. The molecule has 0 bridgehead atoms. The molecule has 20 heteroatoms. The van der Waals surface area contributed by atoms with Crippen molar-refractivity contribution in [3.63, 3.8) is 0 Å². The van der Waals surface area contributed by atoms with Gasteiger partial charge < -0.3 is 38.5 Å². The predicted octanol–water partition coefficient (Wildman–Crippen LogP) is 3.02. The average molecular weight is 735 g/mol. The normalized spacial score (nSPS) is 19.9. The number of methoxy groups -OCH3 is 2. The second-order valence-electron chi connectivity index (χ2n) is 10.6. The Bertz CT molecular complexity index is 1830. The molecule has 51 heavy (non-hydrogen) atoms. The minimum Gasteiger partial charge on any atom is -0.497 e. The van der Waals surface area contributed by atoms with E-state index in [1.807, 2.05) is 0 Å². The molecule has 16 nitrogen and oxygen atoms in total. The van der Waals surface area contributed by atoms with Crippen LogP contribution in [-0.4, -0.2) is 89.6 Å². The average Bonchev–Trinajstić information content (AvgIpc) is 3.07. The molecule has 1 aliphatic rings. The van der Waals surface area contributed by atoms with E-state index in [-0.39, 0.29) is 21.5 Å². The molecular weight excluding hydrogens is 703 g/mol. The molecule has 3 aromatic rings. The number of nitrogens with zero attached hydrogens (tertiary/aromatic N) is 2. The summed E-state index contributed by atoms with van der Waals surface area (Å²) in [4.78, 5) is 52.3. The highest BCUT2D eigenvalue weighted by atomic mass is 32.2. The van der Waals surface area contributed by atoms with Gasteiger partial charge in [-0.1, -0.05) is 0 Å². The standard InChI is InChI=1S/C31H32BF2N3O13S/c1-17(38)46-25-26(47-18(2)39)28(48-19(3)40)31(50-27(25)30(41)45-5)49-22-10-8-20(9-11-22)36-29-24(7-6-16-35-29)37(32(33)34)51(42,43)23-14-12-21(44-4)13-15-23/h6-16,25-28,31H,1-5H3,(H,35,36)/t25-,26-,27-,28+,31+/m0/s1. The Morgan fingerprint density at radius 1 is 0.824 bits per heavy atom. The number of aromatic nitrogens is 1. The van der Waals surface area contributed by atoms with Crippen molar-refractivity contribution in [3.05, 3.63) is 66.9 Å². The van der Waals surface area contributed by atoms with E-state index in [1.165, 1.54) is 55.8 Å². The molecule has 0 spiro atoms. The van der Waals surface area contributed by atoms with Gasteiger partial charge in [0.1, 0.15) is 11.5 Å². The van der Waals surface area contributed by atoms with E-state index in [0.717, 1.165) is 46.1 Å². The number of carbonyl (C=O) groups excluding carboxylic acids is 4. The van der Waals surface area contributed by atoms with Crippen molar-refractivity contribution >= 4 is 58.5 Å². The summed E-state index contributed by atoms with van der Waals surface area (Å²) in [5, 5.41) is 2.80. The second-order valence-corrected chi connectivity index (χ2v) is 12.4. The Balaban J connectivity index is 1.63. The molecule has 0 unspecified atom stereocenters. The fraction of sp³-hybridized carbons (Fsp3) is 0.323. The molecule has 272 valence electrons. The van der Waals surface area contributed by atoms with E-state index in [0.29, 0.717) is 5.75 Å². The Morgan fingerprint density at radius 2 is 1.39 bits per heavy atom. The molecule has 0 aliphatic carbocycles. The van der Waals surface area contributed by atoms with Gasteiger partial charge in [-0.05, 0) is 60.7 Å². The third kappa shape index (κ3) is 9.20. The smallest absolute Gasteiger partial charge is 0.497 e. The molecule has 0 amide bonds. The number of hydrogen-bond acceptors (Lipinski definition) is 15. The predicted molar refractivity (Wildman–Crippen MR) is 173 cm³/mol. The number of sulfonamides is 1. The Kier molecular flexibility index (Phi) is 12.4. The van der Waals surface area contributed by atoms with Gasteiger partial charge in [-0.3, -0.25) is 23.0 Å². The number of hydrogen-bond donors (Lipinski definition) is 1. The summed E-state index contributed by atoms with van der Waals surface area (Å²) >= 11 is 0. The molecule has 0 saturated carbocycles. The molecule has 0 radical (unpaired) electrons. The van der Waals surface area contributed by atoms with Crippen molar-refractivity contribution in [2.75, 3.05) is 23.8 Å². The monoisotopic (exact) mass is 735 g/mol. The van der Waals surface area contributed by atoms with Gasteiger partial charge >= 0.3 is 31.3 Å². The third-order valence-corrected chi connectivity index (χ3v) is 8.76. The van der Waals surface area contributed by atoms with E-state index in [9.17, 15) is 36.2 Å². The summed E-state index contributed by atoms with van der Waals surface area (Å²) in [6.07, 6.45) is -6.77. The highest BCUT2D eigenvalue weighted by Crippen LogP contribution is 2.35. The fourth-order valence-corrected chi connectivity index (χ4v) is 6.26. The molecule has 2 aromatic carbocycles. The number of benzene rings is 2. The van der Waals surface area contributed by atoms with Gasteiger partial charge in [0, 0.05) is 32.7 Å². The molecular formula is C31H32BF2N3O13S. The highest BCUT2D eigenvalue weighted by Gasteiger charge is 2.56. The van der Waals surface area contributed by atoms with Gasteiger partial charge in [0.25, 0.3) is 10.0 Å². The Labute approximate surface area is 291 Å². The Hall–Kier alpha value is -5.50. The molecule has 1 aliphatic heterocycles. The van der Waals surface area contributed by atoms with Crippen LogP contribution >= 0.6 is 0 Å². The molecule has 5 atom stereocenters. The van der Waals surface area contributed by atoms with Gasteiger partial charge in [0.05, 0.1) is 24.8 Å². The summed E-state index contributed by atoms with van der Waals surface area (Å²) in [7, 11) is -5.87. The van der Waals surface area contributed by atoms with Crippen molar-refractivity contribution in [1.82, 2.24) is 4.98 Å². The van der Waals surface area contributed by atoms with Crippen molar-refractivity contribution in [2.45, 2.75) is 56.4 Å². The topological polar surface area (TPSA) is 195 Å². The van der Waals surface area contributed by atoms with Crippen molar-refractivity contribution in [3.8, 4) is 11.5 Å². The molecule has 2 heterocycles. The first-order valence-electron chi connectivity index (χ1n) is 14.9. The summed E-state index contributed by atoms with van der Waals surface area (Å²) in [6, 6.07) is 12.9. The summed E-state index contributed by atoms with van der Waals surface area (Å²) < 4.78 is 92.8. The van der Waals surface area contributed by atoms with Crippen molar-refractivity contribution in [1.29, 1.82) is 0 Å². The molecule has 1 fully saturated rings. The lowest BCUT2D eigenvalue weighted by Crippen LogP contribution is -2.64. The number of carbonyl (C=O) groups is 4. The maximum Gasteiger partial charge on any atom is 0.688 e. The first-order valence-corrected chi connectivity index (χ1v) is 16.3. The highest BCUT2D eigenvalue weighted by molar-refractivity contribution is 7.94. The number of nitrogens with one attached hydrogen (secondary N) is 1. The van der Waals surface area contributed by atoms with E-state index in [1.54, 1.807) is 0 Å². The lowest BCUT2D eigenvalue weighted by molar-refractivity contribution is -0.282. The zero-order chi connectivity index (χ0) is 37.5. The van der Waals surface area contributed by atoms with Gasteiger partial charge in [-0.2, -0.15) is 0 Å². The largest absolute Gasteiger partial charge is 0.688 e. The zero-order valence-electron chi connectivity index (χ0n) is 27.7. The number of anilines is 3. The van der Waals surface area contributed by atoms with Crippen LogP contribution in [0.3, 0.4) is 0 Å². The summed E-state index contributed by atoms with van der Waals surface area (Å²) in [6.45, 7) is 3.14. The fourth-order valence-electron chi connectivity index (χ4n) is 4.93. The minimum absolute atomic E-state index is 0.0383. The lowest BCUT2D eigenvalue weighted by atomic mass is 9.97. The van der Waals surface area contributed by atoms with E-state index < -0.39 is 82.6 Å². The van der Waals surface area contributed by atoms with E-state index in [4.69, 9.17) is 33.2 Å². The van der Waals surface area contributed by atoms with Crippen molar-refractivity contribution in [2.24, 2.45) is 0 Å². The van der Waals surface area contributed by atoms with Gasteiger partial charge in [0.15, 0.2) is 24.1 Å². The molecule has 1 N–H and O–H groups in total. The number of esters is 4.